The van der Waals surface area contributed by atoms with Gasteiger partial charge in [-0.3, -0.25) is 4.79 Å². The average Bonchev–Trinajstić information content (AvgIpc) is 2.34. The third-order valence-electron chi connectivity index (χ3n) is 2.48. The number of halogens is 1. The van der Waals surface area contributed by atoms with E-state index in [1.54, 1.807) is 0 Å². The zero-order chi connectivity index (χ0) is 13.4. The third kappa shape index (κ3) is 6.96. The van der Waals surface area contributed by atoms with Crippen LogP contribution in [0.4, 0.5) is 0 Å². The van der Waals surface area contributed by atoms with Crippen molar-refractivity contribution in [3.63, 3.8) is 0 Å². The van der Waals surface area contributed by atoms with Gasteiger partial charge in [-0.1, -0.05) is 26.0 Å². The summed E-state index contributed by atoms with van der Waals surface area (Å²) in [5.41, 5.74) is 1.25. The number of rotatable bonds is 7. The van der Waals surface area contributed by atoms with Crippen molar-refractivity contribution in [1.82, 2.24) is 10.6 Å². The Morgan fingerprint density at radius 2 is 1.94 bits per heavy atom. The molecule has 1 rings (SSSR count). The lowest BCUT2D eigenvalue weighted by Gasteiger charge is -2.08. The molecule has 0 saturated heterocycles. The molecule has 0 fully saturated rings. The molecule has 3 nitrogen and oxygen atoms in total. The van der Waals surface area contributed by atoms with Crippen molar-refractivity contribution in [2.45, 2.75) is 26.8 Å². The SMILES string of the molecule is CC(C)CNC(=O)CCNCc1ccc(I)cc1. The molecule has 0 unspecified atom stereocenters. The van der Waals surface area contributed by atoms with Crippen LogP contribution < -0.4 is 10.6 Å². The number of amides is 1. The van der Waals surface area contributed by atoms with Gasteiger partial charge in [0.25, 0.3) is 0 Å². The van der Waals surface area contributed by atoms with Gasteiger partial charge in [0.15, 0.2) is 0 Å². The minimum atomic E-state index is 0.124. The second-order valence-corrected chi connectivity index (χ2v) is 6.00. The lowest BCUT2D eigenvalue weighted by molar-refractivity contribution is -0.121. The molecular weight excluding hydrogens is 339 g/mol. The van der Waals surface area contributed by atoms with Gasteiger partial charge in [0.2, 0.25) is 5.91 Å². The fourth-order valence-electron chi connectivity index (χ4n) is 1.44. The van der Waals surface area contributed by atoms with Crippen molar-refractivity contribution in [2.75, 3.05) is 13.1 Å². The summed E-state index contributed by atoms with van der Waals surface area (Å²) in [7, 11) is 0. The van der Waals surface area contributed by atoms with Gasteiger partial charge >= 0.3 is 0 Å². The first-order valence-electron chi connectivity index (χ1n) is 6.30. The highest BCUT2D eigenvalue weighted by Crippen LogP contribution is 2.06. The van der Waals surface area contributed by atoms with Crippen molar-refractivity contribution >= 4 is 28.5 Å². The van der Waals surface area contributed by atoms with Gasteiger partial charge in [-0.05, 0) is 46.2 Å². The molecule has 0 bridgehead atoms. The van der Waals surface area contributed by atoms with Crippen molar-refractivity contribution in [3.05, 3.63) is 33.4 Å². The van der Waals surface area contributed by atoms with E-state index in [0.29, 0.717) is 12.3 Å². The smallest absolute Gasteiger partial charge is 0.221 e. The van der Waals surface area contributed by atoms with E-state index < -0.39 is 0 Å². The zero-order valence-corrected chi connectivity index (χ0v) is 13.2. The van der Waals surface area contributed by atoms with E-state index in [1.165, 1.54) is 9.13 Å². The topological polar surface area (TPSA) is 41.1 Å². The van der Waals surface area contributed by atoms with Crippen LogP contribution in [0, 0.1) is 9.49 Å². The van der Waals surface area contributed by atoms with E-state index in [4.69, 9.17) is 0 Å². The molecule has 4 heteroatoms. The standard InChI is InChI=1S/C14H21IN2O/c1-11(2)9-17-14(18)7-8-16-10-12-3-5-13(15)6-4-12/h3-6,11,16H,7-10H2,1-2H3,(H,17,18). The Labute approximate surface area is 123 Å². The summed E-state index contributed by atoms with van der Waals surface area (Å²) in [6, 6.07) is 8.39. The number of nitrogens with one attached hydrogen (secondary N) is 2. The zero-order valence-electron chi connectivity index (χ0n) is 11.0. The van der Waals surface area contributed by atoms with Crippen LogP contribution in [0.1, 0.15) is 25.8 Å². The van der Waals surface area contributed by atoms with Crippen LogP contribution in [0.3, 0.4) is 0 Å². The number of carbonyl (C=O) groups is 1. The van der Waals surface area contributed by atoms with Crippen molar-refractivity contribution in [1.29, 1.82) is 0 Å². The minimum absolute atomic E-state index is 0.124. The van der Waals surface area contributed by atoms with Crippen LogP contribution in [0.5, 0.6) is 0 Å². The normalized spacial score (nSPS) is 10.7. The van der Waals surface area contributed by atoms with Crippen LogP contribution in [-0.4, -0.2) is 19.0 Å². The molecule has 0 saturated carbocycles. The molecule has 1 aromatic carbocycles. The first kappa shape index (κ1) is 15.4. The van der Waals surface area contributed by atoms with Gasteiger partial charge < -0.3 is 10.6 Å². The molecule has 1 amide bonds. The summed E-state index contributed by atoms with van der Waals surface area (Å²) < 4.78 is 1.24. The van der Waals surface area contributed by atoms with Crippen LogP contribution in [0.15, 0.2) is 24.3 Å². The van der Waals surface area contributed by atoms with Crippen molar-refractivity contribution in [2.24, 2.45) is 5.92 Å². The molecular formula is C14H21IN2O. The Balaban J connectivity index is 2.11. The van der Waals surface area contributed by atoms with Crippen molar-refractivity contribution < 1.29 is 4.79 Å². The molecule has 0 spiro atoms. The molecule has 100 valence electrons. The molecule has 0 aromatic heterocycles. The fraction of sp³-hybridized carbons (Fsp3) is 0.500. The molecule has 1 aromatic rings. The monoisotopic (exact) mass is 360 g/mol. The molecule has 0 radical (unpaired) electrons. The van der Waals surface area contributed by atoms with E-state index >= 15 is 0 Å². The van der Waals surface area contributed by atoms with Crippen molar-refractivity contribution in [3.8, 4) is 0 Å². The second-order valence-electron chi connectivity index (χ2n) is 4.75. The molecule has 0 heterocycles. The number of carbonyl (C=O) groups excluding carboxylic acids is 1. The van der Waals surface area contributed by atoms with Gasteiger partial charge in [-0.2, -0.15) is 0 Å². The van der Waals surface area contributed by atoms with Crippen LogP contribution in [0.2, 0.25) is 0 Å². The maximum atomic E-state index is 11.5. The fourth-order valence-corrected chi connectivity index (χ4v) is 1.80. The summed E-state index contributed by atoms with van der Waals surface area (Å²) >= 11 is 2.29. The van der Waals surface area contributed by atoms with Gasteiger partial charge in [0.1, 0.15) is 0 Å². The van der Waals surface area contributed by atoms with E-state index in [0.717, 1.165) is 19.6 Å². The molecule has 0 aliphatic rings. The summed E-state index contributed by atoms with van der Waals surface area (Å²) in [5.74, 6) is 0.632. The Kier molecular flexibility index (Phi) is 7.27. The molecule has 0 aliphatic heterocycles. The highest BCUT2D eigenvalue weighted by molar-refractivity contribution is 14.1. The molecule has 2 N–H and O–H groups in total. The average molecular weight is 360 g/mol. The quantitative estimate of drug-likeness (QED) is 0.580. The van der Waals surface area contributed by atoms with E-state index in [1.807, 2.05) is 0 Å². The van der Waals surface area contributed by atoms with E-state index in [9.17, 15) is 4.79 Å². The molecule has 0 atom stereocenters. The van der Waals surface area contributed by atoms with Crippen LogP contribution >= 0.6 is 22.6 Å². The molecule has 0 aliphatic carbocycles. The second kappa shape index (κ2) is 8.48. The Bertz CT molecular complexity index is 363. The Morgan fingerprint density at radius 1 is 1.28 bits per heavy atom. The first-order valence-corrected chi connectivity index (χ1v) is 7.37. The van der Waals surface area contributed by atoms with Gasteiger partial charge in [-0.15, -0.1) is 0 Å². The van der Waals surface area contributed by atoms with Gasteiger partial charge in [0, 0.05) is 29.6 Å². The Hall–Kier alpha value is -0.620. The summed E-state index contributed by atoms with van der Waals surface area (Å²) in [6.45, 7) is 6.48. The minimum Gasteiger partial charge on any atom is -0.356 e. The summed E-state index contributed by atoms with van der Waals surface area (Å²) in [4.78, 5) is 11.5. The van der Waals surface area contributed by atoms with Crippen LogP contribution in [0.25, 0.3) is 0 Å². The van der Waals surface area contributed by atoms with Crippen LogP contribution in [-0.2, 0) is 11.3 Å². The Morgan fingerprint density at radius 3 is 2.56 bits per heavy atom. The summed E-state index contributed by atoms with van der Waals surface area (Å²) in [6.07, 6.45) is 0.539. The number of hydrogen-bond acceptors (Lipinski definition) is 2. The molecule has 18 heavy (non-hydrogen) atoms. The number of benzene rings is 1. The maximum Gasteiger partial charge on any atom is 0.221 e. The lowest BCUT2D eigenvalue weighted by Crippen LogP contribution is -2.30. The van der Waals surface area contributed by atoms with Gasteiger partial charge in [0.05, 0.1) is 0 Å². The lowest BCUT2D eigenvalue weighted by atomic mass is 10.2. The predicted molar refractivity (Wildman–Crippen MR) is 83.3 cm³/mol. The van der Waals surface area contributed by atoms with E-state index in [2.05, 4.69) is 71.3 Å². The third-order valence-corrected chi connectivity index (χ3v) is 3.20. The summed E-state index contributed by atoms with van der Waals surface area (Å²) in [5, 5.41) is 6.18. The highest BCUT2D eigenvalue weighted by Gasteiger charge is 2.01. The maximum absolute atomic E-state index is 11.5. The first-order chi connectivity index (χ1) is 8.58. The largest absolute Gasteiger partial charge is 0.356 e. The van der Waals surface area contributed by atoms with E-state index in [-0.39, 0.29) is 5.91 Å². The predicted octanol–water partition coefficient (Wildman–Crippen LogP) is 2.54. The highest BCUT2D eigenvalue weighted by atomic mass is 127. The van der Waals surface area contributed by atoms with Gasteiger partial charge in [-0.25, -0.2) is 0 Å². The number of hydrogen-bond donors (Lipinski definition) is 2.